The zero-order valence-corrected chi connectivity index (χ0v) is 12.7. The van der Waals surface area contributed by atoms with Crippen LogP contribution in [0.5, 0.6) is 0 Å². The molecule has 1 aromatic rings. The SMILES string of the molecule is CC1CN(S(=O)(=O)Cc2cccc(C(=O)O)c2)CCCO1. The maximum atomic E-state index is 12.5. The van der Waals surface area contributed by atoms with E-state index in [9.17, 15) is 13.2 Å². The number of hydrogen-bond acceptors (Lipinski definition) is 4. The van der Waals surface area contributed by atoms with Gasteiger partial charge in [0.1, 0.15) is 0 Å². The summed E-state index contributed by atoms with van der Waals surface area (Å²) in [5.74, 6) is -1.26. The van der Waals surface area contributed by atoms with Gasteiger partial charge in [-0.25, -0.2) is 13.2 Å². The second kappa shape index (κ2) is 6.55. The largest absolute Gasteiger partial charge is 0.478 e. The summed E-state index contributed by atoms with van der Waals surface area (Å²) in [6, 6.07) is 6.03. The molecular weight excluding hydrogens is 294 g/mol. The minimum atomic E-state index is -3.47. The second-order valence-electron chi connectivity index (χ2n) is 5.15. The minimum absolute atomic E-state index is 0.0928. The Kier molecular flexibility index (Phi) is 4.97. The number of rotatable bonds is 4. The van der Waals surface area contributed by atoms with Crippen molar-refractivity contribution in [2.24, 2.45) is 0 Å². The van der Waals surface area contributed by atoms with Crippen LogP contribution in [0.15, 0.2) is 24.3 Å². The van der Waals surface area contributed by atoms with Gasteiger partial charge in [0, 0.05) is 19.7 Å². The van der Waals surface area contributed by atoms with E-state index in [2.05, 4.69) is 0 Å². The first-order valence-electron chi connectivity index (χ1n) is 6.80. The van der Waals surface area contributed by atoms with Crippen molar-refractivity contribution >= 4 is 16.0 Å². The monoisotopic (exact) mass is 313 g/mol. The number of carboxylic acid groups (broad SMARTS) is 1. The molecule has 21 heavy (non-hydrogen) atoms. The van der Waals surface area contributed by atoms with Crippen molar-refractivity contribution < 1.29 is 23.1 Å². The zero-order chi connectivity index (χ0) is 15.5. The highest BCUT2D eigenvalue weighted by Crippen LogP contribution is 2.16. The van der Waals surface area contributed by atoms with Gasteiger partial charge < -0.3 is 9.84 Å². The summed E-state index contributed by atoms with van der Waals surface area (Å²) < 4.78 is 31.8. The van der Waals surface area contributed by atoms with Gasteiger partial charge in [0.05, 0.1) is 17.4 Å². The van der Waals surface area contributed by atoms with Crippen molar-refractivity contribution in [3.05, 3.63) is 35.4 Å². The lowest BCUT2D eigenvalue weighted by Gasteiger charge is -2.21. The molecular formula is C14H19NO5S. The third-order valence-corrected chi connectivity index (χ3v) is 5.15. The summed E-state index contributed by atoms with van der Waals surface area (Å²) in [7, 11) is -3.47. The lowest BCUT2D eigenvalue weighted by atomic mass is 10.1. The first-order valence-corrected chi connectivity index (χ1v) is 8.41. The molecule has 1 atom stereocenters. The highest BCUT2D eigenvalue weighted by molar-refractivity contribution is 7.88. The number of carboxylic acids is 1. The van der Waals surface area contributed by atoms with E-state index in [1.807, 2.05) is 6.92 Å². The van der Waals surface area contributed by atoms with Gasteiger partial charge in [0.2, 0.25) is 10.0 Å². The summed E-state index contributed by atoms with van der Waals surface area (Å²) in [5, 5.41) is 8.95. The van der Waals surface area contributed by atoms with Gasteiger partial charge >= 0.3 is 5.97 Å². The van der Waals surface area contributed by atoms with Crippen LogP contribution in [0.3, 0.4) is 0 Å². The first-order chi connectivity index (χ1) is 9.88. The maximum absolute atomic E-state index is 12.5. The van der Waals surface area contributed by atoms with Gasteiger partial charge in [0.25, 0.3) is 0 Å². The van der Waals surface area contributed by atoms with Crippen molar-refractivity contribution in [1.82, 2.24) is 4.31 Å². The van der Waals surface area contributed by atoms with Crippen LogP contribution < -0.4 is 0 Å². The van der Waals surface area contributed by atoms with Gasteiger partial charge in [-0.3, -0.25) is 0 Å². The Morgan fingerprint density at radius 1 is 1.48 bits per heavy atom. The smallest absolute Gasteiger partial charge is 0.335 e. The van der Waals surface area contributed by atoms with Crippen molar-refractivity contribution in [2.75, 3.05) is 19.7 Å². The molecule has 7 heteroatoms. The molecule has 1 aliphatic heterocycles. The molecule has 0 bridgehead atoms. The summed E-state index contributed by atoms with van der Waals surface area (Å²) in [5.41, 5.74) is 0.572. The summed E-state index contributed by atoms with van der Waals surface area (Å²) in [4.78, 5) is 10.9. The number of benzene rings is 1. The summed E-state index contributed by atoms with van der Waals surface area (Å²) in [6.45, 7) is 3.17. The average molecular weight is 313 g/mol. The molecule has 0 saturated carbocycles. The van der Waals surface area contributed by atoms with Crippen LogP contribution in [0.25, 0.3) is 0 Å². The number of aromatic carboxylic acids is 1. The van der Waals surface area contributed by atoms with Crippen LogP contribution in [-0.2, 0) is 20.5 Å². The quantitative estimate of drug-likeness (QED) is 0.906. The fourth-order valence-electron chi connectivity index (χ4n) is 2.30. The zero-order valence-electron chi connectivity index (χ0n) is 11.9. The van der Waals surface area contributed by atoms with Gasteiger partial charge in [-0.05, 0) is 31.0 Å². The normalized spacial score (nSPS) is 20.9. The van der Waals surface area contributed by atoms with E-state index in [-0.39, 0.29) is 17.4 Å². The molecule has 0 radical (unpaired) electrons. The molecule has 1 fully saturated rings. The topological polar surface area (TPSA) is 83.9 Å². The molecule has 1 aliphatic rings. The van der Waals surface area contributed by atoms with Crippen LogP contribution >= 0.6 is 0 Å². The standard InChI is InChI=1S/C14H19NO5S/c1-11-9-15(6-3-7-20-11)21(18,19)10-12-4-2-5-13(8-12)14(16)17/h2,4-5,8,11H,3,6-7,9-10H2,1H3,(H,16,17). The Hall–Kier alpha value is -1.44. The molecule has 1 saturated heterocycles. The van der Waals surface area contributed by atoms with Crippen LogP contribution in [0.1, 0.15) is 29.3 Å². The highest BCUT2D eigenvalue weighted by Gasteiger charge is 2.26. The van der Waals surface area contributed by atoms with Gasteiger partial charge in [-0.1, -0.05) is 12.1 Å². The third kappa shape index (κ3) is 4.26. The van der Waals surface area contributed by atoms with Crippen LogP contribution in [-0.4, -0.2) is 49.6 Å². The molecule has 0 spiro atoms. The summed E-state index contributed by atoms with van der Waals surface area (Å²) in [6.07, 6.45) is 0.534. The lowest BCUT2D eigenvalue weighted by Crippen LogP contribution is -2.36. The molecule has 1 heterocycles. The Bertz CT molecular complexity index is 614. The molecule has 0 amide bonds. The Labute approximate surface area is 124 Å². The fourth-order valence-corrected chi connectivity index (χ4v) is 3.93. The number of ether oxygens (including phenoxy) is 1. The van der Waals surface area contributed by atoms with Gasteiger partial charge in [0.15, 0.2) is 0 Å². The predicted molar refractivity (Wildman–Crippen MR) is 77.6 cm³/mol. The molecule has 0 aliphatic carbocycles. The van der Waals surface area contributed by atoms with Crippen LogP contribution in [0.2, 0.25) is 0 Å². The first kappa shape index (κ1) is 15.9. The van der Waals surface area contributed by atoms with Crippen LogP contribution in [0.4, 0.5) is 0 Å². The molecule has 2 rings (SSSR count). The Morgan fingerprint density at radius 3 is 2.95 bits per heavy atom. The van der Waals surface area contributed by atoms with E-state index in [4.69, 9.17) is 9.84 Å². The van der Waals surface area contributed by atoms with Crippen molar-refractivity contribution in [3.8, 4) is 0 Å². The van der Waals surface area contributed by atoms with E-state index in [1.165, 1.54) is 16.4 Å². The molecule has 0 aromatic heterocycles. The number of carbonyl (C=O) groups is 1. The third-order valence-electron chi connectivity index (χ3n) is 3.33. The van der Waals surface area contributed by atoms with E-state index in [0.29, 0.717) is 31.7 Å². The van der Waals surface area contributed by atoms with E-state index in [0.717, 1.165) is 0 Å². The maximum Gasteiger partial charge on any atom is 0.335 e. The minimum Gasteiger partial charge on any atom is -0.478 e. The number of nitrogens with zero attached hydrogens (tertiary/aromatic N) is 1. The number of hydrogen-bond donors (Lipinski definition) is 1. The van der Waals surface area contributed by atoms with Gasteiger partial charge in [-0.15, -0.1) is 0 Å². The molecule has 1 N–H and O–H groups in total. The van der Waals surface area contributed by atoms with Crippen molar-refractivity contribution in [1.29, 1.82) is 0 Å². The second-order valence-corrected chi connectivity index (χ2v) is 7.12. The fraction of sp³-hybridized carbons (Fsp3) is 0.500. The predicted octanol–water partition coefficient (Wildman–Crippen LogP) is 1.33. The van der Waals surface area contributed by atoms with Crippen LogP contribution in [0, 0.1) is 0 Å². The van der Waals surface area contributed by atoms with E-state index >= 15 is 0 Å². The van der Waals surface area contributed by atoms with Crippen molar-refractivity contribution in [2.45, 2.75) is 25.2 Å². The number of sulfonamides is 1. The molecule has 116 valence electrons. The lowest BCUT2D eigenvalue weighted by molar-refractivity contribution is 0.0696. The Morgan fingerprint density at radius 2 is 2.24 bits per heavy atom. The molecule has 6 nitrogen and oxygen atoms in total. The van der Waals surface area contributed by atoms with Gasteiger partial charge in [-0.2, -0.15) is 4.31 Å². The van der Waals surface area contributed by atoms with E-state index < -0.39 is 16.0 Å². The average Bonchev–Trinajstić information content (AvgIpc) is 2.63. The van der Waals surface area contributed by atoms with E-state index in [1.54, 1.807) is 12.1 Å². The highest BCUT2D eigenvalue weighted by atomic mass is 32.2. The Balaban J connectivity index is 2.16. The molecule has 1 aromatic carbocycles. The molecule has 1 unspecified atom stereocenters. The van der Waals surface area contributed by atoms with Crippen molar-refractivity contribution in [3.63, 3.8) is 0 Å². The summed E-state index contributed by atoms with van der Waals surface area (Å²) >= 11 is 0.